The van der Waals surface area contributed by atoms with Gasteiger partial charge in [-0.25, -0.2) is 9.59 Å². The number of carboxylic acid groups (broad SMARTS) is 1. The van der Waals surface area contributed by atoms with E-state index in [-0.39, 0.29) is 43.9 Å². The van der Waals surface area contributed by atoms with Gasteiger partial charge in [-0.15, -0.1) is 0 Å². The lowest BCUT2D eigenvalue weighted by Gasteiger charge is -2.51. The maximum atomic E-state index is 13.6. The van der Waals surface area contributed by atoms with E-state index >= 15 is 0 Å². The van der Waals surface area contributed by atoms with E-state index in [4.69, 9.17) is 57.2 Å². The molecule has 0 amide bonds. The maximum absolute atomic E-state index is 13.6. The lowest BCUT2D eigenvalue weighted by molar-refractivity contribution is -0.390. The van der Waals surface area contributed by atoms with Gasteiger partial charge in [-0.2, -0.15) is 0 Å². The summed E-state index contributed by atoms with van der Waals surface area (Å²) in [5.41, 5.74) is 0. The summed E-state index contributed by atoms with van der Waals surface area (Å²) in [6.45, 7) is -2.34. The highest BCUT2D eigenvalue weighted by Crippen LogP contribution is 2.45. The molecular weight excluding hydrogens is 1120 g/mol. The van der Waals surface area contributed by atoms with Gasteiger partial charge in [0.2, 0.25) is 0 Å². The molecule has 4 aliphatic carbocycles. The van der Waals surface area contributed by atoms with E-state index in [1.165, 1.54) is 19.3 Å². The van der Waals surface area contributed by atoms with Crippen LogP contribution in [0.1, 0.15) is 89.9 Å². The van der Waals surface area contributed by atoms with Gasteiger partial charge in [-0.1, -0.05) is 12.2 Å². The van der Waals surface area contributed by atoms with Gasteiger partial charge >= 0.3 is 23.9 Å². The number of rotatable bonds is 20. The molecule has 0 aromatic heterocycles. The molecule has 29 nitrogen and oxygen atoms in total. The number of aliphatic carboxylic acids is 1. The fourth-order valence-electron chi connectivity index (χ4n) is 12.9. The molecule has 478 valence electrons. The van der Waals surface area contributed by atoms with E-state index in [1.807, 2.05) is 0 Å². The number of hydrogen-bond donors (Lipinski definition) is 14. The first-order chi connectivity index (χ1) is 40.0. The summed E-state index contributed by atoms with van der Waals surface area (Å²) in [7, 11) is 1.45. The lowest BCUT2D eigenvalue weighted by atomic mass is 9.72. The fraction of sp³-hybridized carbons (Fsp3) is 0.855. The first-order valence-corrected chi connectivity index (χ1v) is 29.1. The van der Waals surface area contributed by atoms with Crippen LogP contribution in [0.5, 0.6) is 0 Å². The first-order valence-electron chi connectivity index (χ1n) is 29.1. The Morgan fingerprint density at radius 2 is 1.12 bits per heavy atom. The van der Waals surface area contributed by atoms with E-state index in [0.29, 0.717) is 51.4 Å². The topological polar surface area (TPSA) is 457 Å². The van der Waals surface area contributed by atoms with Crippen LogP contribution in [0, 0.1) is 23.7 Å². The average Bonchev–Trinajstić information content (AvgIpc) is 2.37. The van der Waals surface area contributed by atoms with Crippen LogP contribution >= 0.6 is 0 Å². The minimum Gasteiger partial charge on any atom is -0.481 e. The summed E-state index contributed by atoms with van der Waals surface area (Å²) in [6, 6.07) is 0. The highest BCUT2D eigenvalue weighted by molar-refractivity contribution is 5.90. The molecule has 8 fully saturated rings. The van der Waals surface area contributed by atoms with E-state index in [0.717, 1.165) is 6.08 Å². The molecule has 27 atom stereocenters. The van der Waals surface area contributed by atoms with Gasteiger partial charge in [-0.05, 0) is 82.5 Å². The monoisotopic (exact) mass is 1210 g/mol. The van der Waals surface area contributed by atoms with Crippen molar-refractivity contribution < 1.29 is 143 Å². The molecule has 0 spiro atoms. The third kappa shape index (κ3) is 16.6. The lowest BCUT2D eigenvalue weighted by Crippen LogP contribution is -2.66. The van der Waals surface area contributed by atoms with E-state index in [1.54, 1.807) is 6.08 Å². The zero-order valence-electron chi connectivity index (χ0n) is 46.5. The first kappa shape index (κ1) is 66.5. The van der Waals surface area contributed by atoms with Crippen LogP contribution in [0.15, 0.2) is 24.3 Å². The Kier molecular flexibility index (Phi) is 23.9. The van der Waals surface area contributed by atoms with Crippen LogP contribution in [0.25, 0.3) is 0 Å². The molecule has 0 radical (unpaired) electrons. The minimum absolute atomic E-state index is 0.00592. The molecule has 4 aliphatic heterocycles. The van der Waals surface area contributed by atoms with Crippen molar-refractivity contribution in [3.05, 3.63) is 24.3 Å². The normalized spacial score (nSPS) is 45.8. The van der Waals surface area contributed by atoms with Crippen molar-refractivity contribution >= 4 is 23.9 Å². The number of esters is 3. The smallest absolute Gasteiger partial charge is 0.330 e. The highest BCUT2D eigenvalue weighted by atomic mass is 16.8. The summed E-state index contributed by atoms with van der Waals surface area (Å²) in [4.78, 5) is 49.9. The Morgan fingerprint density at radius 1 is 0.524 bits per heavy atom. The van der Waals surface area contributed by atoms with Crippen molar-refractivity contribution in [3.8, 4) is 0 Å². The second-order valence-electron chi connectivity index (χ2n) is 23.6. The predicted octanol–water partition coefficient (Wildman–Crippen LogP) is -4.89. The maximum Gasteiger partial charge on any atom is 0.330 e. The Balaban J connectivity index is 1.08. The zero-order valence-corrected chi connectivity index (χ0v) is 46.5. The summed E-state index contributed by atoms with van der Waals surface area (Å²) in [5, 5.41) is 152. The summed E-state index contributed by atoms with van der Waals surface area (Å²) in [6.07, 6.45) is -28.3. The number of carbonyl (C=O) groups is 4. The Morgan fingerprint density at radius 3 is 1.81 bits per heavy atom. The number of carboxylic acids is 1. The number of aliphatic hydroxyl groups excluding tert-OH is 13. The van der Waals surface area contributed by atoms with E-state index in [2.05, 4.69) is 0 Å². The molecular formula is C55H85O29+. The van der Waals surface area contributed by atoms with Crippen LogP contribution in [-0.2, 0) is 66.5 Å². The number of hydrogen-bond acceptors (Lipinski definition) is 27. The largest absolute Gasteiger partial charge is 0.481 e. The number of methoxy groups -OCH3 is 1. The van der Waals surface area contributed by atoms with Gasteiger partial charge in [0.1, 0.15) is 92.9 Å². The summed E-state index contributed by atoms with van der Waals surface area (Å²) < 4.78 is 64.4. The van der Waals surface area contributed by atoms with Gasteiger partial charge in [0.25, 0.3) is 0 Å². The van der Waals surface area contributed by atoms with Crippen molar-refractivity contribution in [3.63, 3.8) is 0 Å². The Bertz CT molecular complexity index is 2200. The quantitative estimate of drug-likeness (QED) is 0.0179. The molecule has 84 heavy (non-hydrogen) atoms. The Labute approximate surface area is 483 Å². The van der Waals surface area contributed by atoms with Gasteiger partial charge < -0.3 is 124 Å². The number of ether oxygens (including phenoxy) is 11. The number of fused-ring (bicyclic) bond motifs is 1. The standard InChI is InChI=1S/C55H84O29/c1-74-34-14-24(4-10-30(34)60)6-13-41(65)83-51-47(71)43(67)36(20-56)80-55(51)84-52-48(72)45(69)38(21-75-40(64)12-5-23-2-8-26(57)9-3-23)82-54(52)79-35-18-28-32(77-50(35)25-7-11-29(59)31(61)15-25)16-27(58)17-33(28)78-53-49(73)46(70)44(68)37(81-53)22-76-42(66)19-39(62)63/h5-6,12-13,23-38,43-61,67-73H,2-4,7-11,14-22H2,1H3,(H,62,63)/p+1. The Hall–Kier alpha value is -3.48. The highest BCUT2D eigenvalue weighted by Gasteiger charge is 2.59. The van der Waals surface area contributed by atoms with Crippen LogP contribution < -0.4 is 0 Å². The van der Waals surface area contributed by atoms with Crippen LogP contribution in [0.3, 0.4) is 0 Å². The third-order valence-electron chi connectivity index (χ3n) is 17.8. The van der Waals surface area contributed by atoms with Gasteiger partial charge in [-0.3, -0.25) is 9.59 Å². The number of carbonyl (C=O) groups excluding carboxylic acids is 3. The molecule has 4 saturated heterocycles. The summed E-state index contributed by atoms with van der Waals surface area (Å²) >= 11 is 0. The van der Waals surface area contributed by atoms with Crippen molar-refractivity contribution in [2.45, 2.75) is 243 Å². The van der Waals surface area contributed by atoms with Crippen molar-refractivity contribution in [2.75, 3.05) is 26.9 Å². The second kappa shape index (κ2) is 30.1. The third-order valence-corrected chi connectivity index (χ3v) is 17.8. The van der Waals surface area contributed by atoms with E-state index < -0.39 is 215 Å². The average molecular weight is 1210 g/mol. The molecule has 0 aromatic carbocycles. The molecule has 8 rings (SSSR count). The molecule has 0 aromatic rings. The number of allylic oxidation sites excluding steroid dienone is 2. The molecule has 4 saturated carbocycles. The van der Waals surface area contributed by atoms with Crippen LogP contribution in [0.4, 0.5) is 0 Å². The summed E-state index contributed by atoms with van der Waals surface area (Å²) in [5.74, 6) is -6.11. The predicted molar refractivity (Wildman–Crippen MR) is 277 cm³/mol. The van der Waals surface area contributed by atoms with Crippen molar-refractivity contribution in [2.24, 2.45) is 23.7 Å². The van der Waals surface area contributed by atoms with Crippen molar-refractivity contribution in [1.82, 2.24) is 0 Å². The molecule has 27 unspecified atom stereocenters. The molecule has 4 heterocycles. The van der Waals surface area contributed by atoms with Crippen LogP contribution in [-0.4, -0.2) is 280 Å². The molecule has 8 aliphatic rings. The van der Waals surface area contributed by atoms with E-state index in [9.17, 15) is 85.6 Å². The fourth-order valence-corrected chi connectivity index (χ4v) is 12.9. The SMILES string of the molecule is COC1CC(C=CC(=O)OC2C(OC3C(OC4CC5C(OC6OC(COC(=O)CC(=O)O)C(O)C(O)C6O)CC(O)CC5[OH+]C4C4CCC(O)C(O)C4)OC(COC(=O)C=CC4CCC(O)CC4)C(O)C3O)OC(CO)C(O)C2O)CCC1O. The van der Waals surface area contributed by atoms with Crippen LogP contribution in [0.2, 0.25) is 0 Å². The number of aliphatic hydroxyl groups is 15. The van der Waals surface area contributed by atoms with Gasteiger partial charge in [0, 0.05) is 38.0 Å². The van der Waals surface area contributed by atoms with Gasteiger partial charge in [0.05, 0.1) is 55.3 Å². The van der Waals surface area contributed by atoms with Gasteiger partial charge in [0.15, 0.2) is 37.2 Å². The second-order valence-corrected chi connectivity index (χ2v) is 23.6. The van der Waals surface area contributed by atoms with Crippen molar-refractivity contribution in [1.29, 1.82) is 0 Å². The zero-order chi connectivity index (χ0) is 60.7. The molecule has 29 heteroatoms. The minimum atomic E-state index is -2.06. The molecule has 0 bridgehead atoms. The molecule has 15 N–H and O–H groups in total.